The van der Waals surface area contributed by atoms with E-state index in [0.29, 0.717) is 6.61 Å². The Hall–Kier alpha value is -4.27. The van der Waals surface area contributed by atoms with E-state index < -0.39 is 42.3 Å². The van der Waals surface area contributed by atoms with Crippen LogP contribution in [0.25, 0.3) is 0 Å². The minimum absolute atomic E-state index is 0.0733. The highest BCUT2D eigenvalue weighted by molar-refractivity contribution is 5.73. The molecular formula is C24H23F10N3O8. The first-order chi connectivity index (χ1) is 20.6. The van der Waals surface area contributed by atoms with Crippen molar-refractivity contribution >= 4 is 17.9 Å². The molecule has 11 nitrogen and oxygen atoms in total. The van der Waals surface area contributed by atoms with Crippen LogP contribution in [0.5, 0.6) is 5.88 Å². The Balaban J connectivity index is 0.000000396. The lowest BCUT2D eigenvalue weighted by Gasteiger charge is -2.50. The number of rotatable bonds is 5. The van der Waals surface area contributed by atoms with Gasteiger partial charge in [-0.25, -0.2) is 23.8 Å². The van der Waals surface area contributed by atoms with Crippen molar-refractivity contribution in [2.75, 3.05) is 26.3 Å². The van der Waals surface area contributed by atoms with E-state index in [1.807, 2.05) is 24.4 Å². The van der Waals surface area contributed by atoms with Crippen LogP contribution in [0.1, 0.15) is 12.1 Å². The highest BCUT2D eigenvalue weighted by atomic mass is 19.4. The first kappa shape index (κ1) is 38.8. The molecule has 3 N–H and O–H groups in total. The average Bonchev–Trinajstić information content (AvgIpc) is 3.32. The number of hydrogen-bond acceptors (Lipinski definition) is 8. The van der Waals surface area contributed by atoms with Crippen LogP contribution in [0.3, 0.4) is 0 Å². The lowest BCUT2D eigenvalue weighted by Crippen LogP contribution is -2.64. The molecular weight excluding hydrogens is 648 g/mol. The third-order valence-corrected chi connectivity index (χ3v) is 5.57. The third-order valence-electron chi connectivity index (χ3n) is 5.57. The largest absolute Gasteiger partial charge is 0.490 e. The van der Waals surface area contributed by atoms with Gasteiger partial charge < -0.3 is 24.8 Å². The fourth-order valence-corrected chi connectivity index (χ4v) is 3.57. The van der Waals surface area contributed by atoms with E-state index in [9.17, 15) is 43.9 Å². The first-order valence-corrected chi connectivity index (χ1v) is 12.0. The molecule has 2 aromatic heterocycles. The van der Waals surface area contributed by atoms with E-state index in [2.05, 4.69) is 14.9 Å². The van der Waals surface area contributed by atoms with E-state index >= 15 is 0 Å². The minimum Gasteiger partial charge on any atom is -0.475 e. The summed E-state index contributed by atoms with van der Waals surface area (Å²) in [7, 11) is 0. The predicted octanol–water partition coefficient (Wildman–Crippen LogP) is 4.19. The van der Waals surface area contributed by atoms with Crippen LogP contribution >= 0.6 is 0 Å². The van der Waals surface area contributed by atoms with Gasteiger partial charge in [-0.15, -0.1) is 0 Å². The molecule has 2 saturated heterocycles. The summed E-state index contributed by atoms with van der Waals surface area (Å²) in [6.07, 6.45) is -11.0. The van der Waals surface area contributed by atoms with Gasteiger partial charge in [-0.2, -0.15) is 39.5 Å². The van der Waals surface area contributed by atoms with Crippen molar-refractivity contribution in [1.82, 2.24) is 14.9 Å². The molecule has 0 amide bonds. The SMILES string of the molecule is Fc1cccnc1OCC1CCOC12CN(Cc1ccccn1)C2.O=C(O)C(F)(F)F.O=C(O)C(F)(F)F.O=C(O)C(F)(F)F. The smallest absolute Gasteiger partial charge is 0.475 e. The zero-order valence-electron chi connectivity index (χ0n) is 22.4. The van der Waals surface area contributed by atoms with Crippen LogP contribution in [0.2, 0.25) is 0 Å². The Bertz CT molecular complexity index is 1200. The second-order valence-electron chi connectivity index (χ2n) is 8.88. The molecule has 2 aliphatic rings. The molecule has 1 spiro atoms. The summed E-state index contributed by atoms with van der Waals surface area (Å²) >= 11 is 0. The van der Waals surface area contributed by atoms with Gasteiger partial charge in [0.1, 0.15) is 0 Å². The number of carboxylic acids is 3. The van der Waals surface area contributed by atoms with Gasteiger partial charge >= 0.3 is 36.4 Å². The number of alkyl halides is 9. The van der Waals surface area contributed by atoms with Gasteiger partial charge in [0.05, 0.1) is 17.9 Å². The number of halogens is 10. The number of carboxylic acid groups (broad SMARTS) is 3. The van der Waals surface area contributed by atoms with Crippen molar-refractivity contribution < 1.29 is 83.1 Å². The Morgan fingerprint density at radius 3 is 1.76 bits per heavy atom. The number of likely N-dealkylation sites (tertiary alicyclic amines) is 1. The lowest BCUT2D eigenvalue weighted by molar-refractivity contribution is -0.193. The van der Waals surface area contributed by atoms with Gasteiger partial charge in [0.25, 0.3) is 0 Å². The van der Waals surface area contributed by atoms with E-state index in [0.717, 1.165) is 38.4 Å². The Kier molecular flexibility index (Phi) is 13.9. The number of hydrogen-bond donors (Lipinski definition) is 3. The number of carbonyl (C=O) groups is 3. The fraction of sp³-hybridized carbons (Fsp3) is 0.458. The van der Waals surface area contributed by atoms with E-state index in [-0.39, 0.29) is 17.4 Å². The van der Waals surface area contributed by atoms with Gasteiger partial charge in [0, 0.05) is 44.6 Å². The number of ether oxygens (including phenoxy) is 2. The molecule has 4 rings (SSSR count). The van der Waals surface area contributed by atoms with Crippen LogP contribution in [0.4, 0.5) is 43.9 Å². The molecule has 0 bridgehead atoms. The van der Waals surface area contributed by atoms with Gasteiger partial charge in [-0.1, -0.05) is 6.07 Å². The highest BCUT2D eigenvalue weighted by Gasteiger charge is 2.53. The third kappa shape index (κ3) is 13.5. The molecule has 45 heavy (non-hydrogen) atoms. The molecule has 0 aliphatic carbocycles. The zero-order chi connectivity index (χ0) is 34.6. The summed E-state index contributed by atoms with van der Waals surface area (Å²) in [5, 5.41) is 21.4. The molecule has 4 heterocycles. The van der Waals surface area contributed by atoms with E-state index in [1.165, 1.54) is 12.3 Å². The molecule has 21 heteroatoms. The van der Waals surface area contributed by atoms with Crippen molar-refractivity contribution in [3.8, 4) is 5.88 Å². The molecule has 0 saturated carbocycles. The second-order valence-corrected chi connectivity index (χ2v) is 8.88. The van der Waals surface area contributed by atoms with Crippen LogP contribution in [0.15, 0.2) is 42.7 Å². The van der Waals surface area contributed by atoms with Crippen molar-refractivity contribution in [2.45, 2.75) is 37.1 Å². The van der Waals surface area contributed by atoms with E-state index in [1.54, 1.807) is 6.07 Å². The summed E-state index contributed by atoms with van der Waals surface area (Å²) in [4.78, 5) is 37.3. The van der Waals surface area contributed by atoms with Gasteiger partial charge in [0.15, 0.2) is 5.82 Å². The van der Waals surface area contributed by atoms with E-state index in [4.69, 9.17) is 39.2 Å². The van der Waals surface area contributed by atoms with Gasteiger partial charge in [-0.3, -0.25) is 9.88 Å². The molecule has 0 radical (unpaired) electrons. The number of aromatic nitrogens is 2. The summed E-state index contributed by atoms with van der Waals surface area (Å²) < 4.78 is 120. The first-order valence-electron chi connectivity index (χ1n) is 12.0. The Morgan fingerprint density at radius 2 is 1.33 bits per heavy atom. The molecule has 252 valence electrons. The maximum atomic E-state index is 13.6. The fourth-order valence-electron chi connectivity index (χ4n) is 3.57. The van der Waals surface area contributed by atoms with Crippen molar-refractivity contribution in [2.24, 2.45) is 5.92 Å². The van der Waals surface area contributed by atoms with Gasteiger partial charge in [0.2, 0.25) is 5.88 Å². The molecule has 2 aromatic rings. The predicted molar refractivity (Wildman–Crippen MR) is 127 cm³/mol. The Labute approximate surface area is 246 Å². The lowest BCUT2D eigenvalue weighted by atomic mass is 9.81. The maximum absolute atomic E-state index is 13.6. The summed E-state index contributed by atoms with van der Waals surface area (Å²) in [6, 6.07) is 8.88. The average molecular weight is 671 g/mol. The molecule has 1 atom stereocenters. The number of pyridine rings is 2. The molecule has 1 unspecified atom stereocenters. The van der Waals surface area contributed by atoms with Crippen LogP contribution < -0.4 is 4.74 Å². The molecule has 0 aromatic carbocycles. The topological polar surface area (TPSA) is 159 Å². The van der Waals surface area contributed by atoms with Gasteiger partial charge in [-0.05, 0) is 30.7 Å². The molecule has 2 fully saturated rings. The maximum Gasteiger partial charge on any atom is 0.490 e. The highest BCUT2D eigenvalue weighted by Crippen LogP contribution is 2.40. The van der Waals surface area contributed by atoms with Crippen LogP contribution in [0, 0.1) is 11.7 Å². The van der Waals surface area contributed by atoms with Crippen LogP contribution in [-0.4, -0.2) is 98.5 Å². The van der Waals surface area contributed by atoms with Crippen molar-refractivity contribution in [3.63, 3.8) is 0 Å². The molecule has 2 aliphatic heterocycles. The number of nitrogens with zero attached hydrogens (tertiary/aromatic N) is 3. The second kappa shape index (κ2) is 16.2. The monoisotopic (exact) mass is 671 g/mol. The quantitative estimate of drug-likeness (QED) is 0.392. The van der Waals surface area contributed by atoms with Crippen molar-refractivity contribution in [3.05, 3.63) is 54.2 Å². The normalized spacial score (nSPS) is 17.2. The zero-order valence-corrected chi connectivity index (χ0v) is 22.4. The summed E-state index contributed by atoms with van der Waals surface area (Å²) in [5.41, 5.74) is 0.897. The Morgan fingerprint density at radius 1 is 0.844 bits per heavy atom. The summed E-state index contributed by atoms with van der Waals surface area (Å²) in [5.74, 6) is -8.36. The summed E-state index contributed by atoms with van der Waals surface area (Å²) in [6.45, 7) is 3.72. The number of aliphatic carboxylic acids is 3. The minimum atomic E-state index is -5.08. The standard InChI is InChI=1S/C18H20FN3O2.3C2HF3O2/c19-16-5-3-8-21-17(16)23-11-14-6-9-24-18(14)12-22(13-18)10-15-4-1-2-7-20-15;3*3-2(4,5)1(6)7/h1-5,7-8,14H,6,9-13H2;3*(H,6,7). The van der Waals surface area contributed by atoms with Crippen LogP contribution in [-0.2, 0) is 25.7 Å². The van der Waals surface area contributed by atoms with Crippen molar-refractivity contribution in [1.29, 1.82) is 0 Å².